The number of aromatic nitrogens is 2. The summed E-state index contributed by atoms with van der Waals surface area (Å²) in [4.78, 5) is 4.07. The molecular formula is C17H23N3. The summed E-state index contributed by atoms with van der Waals surface area (Å²) in [5.41, 5.74) is 1.81. The second kappa shape index (κ2) is 5.41. The van der Waals surface area contributed by atoms with Crippen LogP contribution in [0.5, 0.6) is 0 Å². The third-order valence-electron chi connectivity index (χ3n) is 4.79. The summed E-state index contributed by atoms with van der Waals surface area (Å²) in [5.74, 6) is 0.675. The molecule has 1 aliphatic carbocycles. The number of rotatable bonds is 5. The minimum Gasteiger partial charge on any atom is -0.336 e. The minimum atomic E-state index is 0.330. The molecule has 0 aliphatic heterocycles. The Balaban J connectivity index is 1.53. The first-order valence-corrected chi connectivity index (χ1v) is 7.42. The van der Waals surface area contributed by atoms with E-state index in [2.05, 4.69) is 59.0 Å². The topological polar surface area (TPSA) is 29.9 Å². The Hall–Kier alpha value is -1.61. The minimum absolute atomic E-state index is 0.330. The van der Waals surface area contributed by atoms with Gasteiger partial charge in [-0.2, -0.15) is 0 Å². The first-order chi connectivity index (χ1) is 9.68. The van der Waals surface area contributed by atoms with Crippen LogP contribution in [0.1, 0.15) is 31.7 Å². The Morgan fingerprint density at radius 3 is 2.75 bits per heavy atom. The highest BCUT2D eigenvalue weighted by molar-refractivity contribution is 5.27. The fraction of sp³-hybridized carbons (Fsp3) is 0.471. The maximum absolute atomic E-state index is 4.07. The predicted molar refractivity (Wildman–Crippen MR) is 81.6 cm³/mol. The summed E-state index contributed by atoms with van der Waals surface area (Å²) in [6, 6.07) is 11.5. The molecule has 1 heterocycles. The van der Waals surface area contributed by atoms with Gasteiger partial charge in [0.1, 0.15) is 0 Å². The number of nitrogens with zero attached hydrogens (tertiary/aromatic N) is 2. The fourth-order valence-electron chi connectivity index (χ4n) is 3.31. The quantitative estimate of drug-likeness (QED) is 0.904. The summed E-state index contributed by atoms with van der Waals surface area (Å²) in [6.07, 6.45) is 6.96. The van der Waals surface area contributed by atoms with Crippen molar-refractivity contribution in [1.82, 2.24) is 14.9 Å². The van der Waals surface area contributed by atoms with Gasteiger partial charge in [0.25, 0.3) is 0 Å². The molecule has 3 nitrogen and oxygen atoms in total. The van der Waals surface area contributed by atoms with E-state index < -0.39 is 0 Å². The molecule has 106 valence electrons. The van der Waals surface area contributed by atoms with Crippen LogP contribution in [0.2, 0.25) is 0 Å². The highest BCUT2D eigenvalue weighted by atomic mass is 15.1. The number of hydrogen-bond acceptors (Lipinski definition) is 2. The lowest BCUT2D eigenvalue weighted by Gasteiger charge is -2.53. The van der Waals surface area contributed by atoms with Gasteiger partial charge in [-0.05, 0) is 23.3 Å². The molecule has 1 aromatic heterocycles. The molecule has 0 unspecified atom stereocenters. The largest absolute Gasteiger partial charge is 0.336 e. The highest BCUT2D eigenvalue weighted by Crippen LogP contribution is 2.52. The van der Waals surface area contributed by atoms with Crippen molar-refractivity contribution in [3.05, 3.63) is 54.6 Å². The Morgan fingerprint density at radius 1 is 1.30 bits per heavy atom. The standard InChI is InChI=1S/C17H23N3/c1-17(2)15(14-6-4-3-5-7-14)12-16(17)19-9-11-20-10-8-18-13-20/h3-8,10,13,15-16,19H,9,11-12H2,1-2H3/t15-,16+/m0/s1. The van der Waals surface area contributed by atoms with E-state index in [0.29, 0.717) is 17.4 Å². The van der Waals surface area contributed by atoms with Crippen LogP contribution in [0.15, 0.2) is 49.1 Å². The van der Waals surface area contributed by atoms with E-state index in [0.717, 1.165) is 13.1 Å². The monoisotopic (exact) mass is 269 g/mol. The van der Waals surface area contributed by atoms with Crippen molar-refractivity contribution >= 4 is 0 Å². The normalized spacial score (nSPS) is 24.3. The second-order valence-corrected chi connectivity index (χ2v) is 6.33. The summed E-state index contributed by atoms with van der Waals surface area (Å²) >= 11 is 0. The maximum Gasteiger partial charge on any atom is 0.0946 e. The Morgan fingerprint density at radius 2 is 2.10 bits per heavy atom. The molecule has 1 aromatic carbocycles. The zero-order valence-corrected chi connectivity index (χ0v) is 12.3. The molecule has 2 atom stereocenters. The fourth-order valence-corrected chi connectivity index (χ4v) is 3.31. The van der Waals surface area contributed by atoms with Gasteiger partial charge in [-0.1, -0.05) is 44.2 Å². The van der Waals surface area contributed by atoms with Gasteiger partial charge in [-0.25, -0.2) is 4.98 Å². The first kappa shape index (κ1) is 13.4. The Kier molecular flexibility index (Phi) is 3.62. The maximum atomic E-state index is 4.07. The van der Waals surface area contributed by atoms with Crippen molar-refractivity contribution in [2.45, 2.75) is 38.8 Å². The SMILES string of the molecule is CC1(C)[C@H](NCCn2ccnc2)C[C@H]1c1ccccc1. The molecule has 0 amide bonds. The molecule has 2 aromatic rings. The van der Waals surface area contributed by atoms with Crippen molar-refractivity contribution in [1.29, 1.82) is 0 Å². The van der Waals surface area contributed by atoms with E-state index in [1.165, 1.54) is 12.0 Å². The third kappa shape index (κ3) is 2.50. The average molecular weight is 269 g/mol. The van der Waals surface area contributed by atoms with E-state index >= 15 is 0 Å². The van der Waals surface area contributed by atoms with Crippen LogP contribution in [0.4, 0.5) is 0 Å². The molecule has 3 heteroatoms. The van der Waals surface area contributed by atoms with Gasteiger partial charge < -0.3 is 9.88 Å². The molecule has 1 fully saturated rings. The van der Waals surface area contributed by atoms with Gasteiger partial charge in [0, 0.05) is 31.5 Å². The lowest BCUT2D eigenvalue weighted by Crippen LogP contribution is -2.55. The van der Waals surface area contributed by atoms with Crippen molar-refractivity contribution in [3.8, 4) is 0 Å². The van der Waals surface area contributed by atoms with Gasteiger partial charge in [-0.3, -0.25) is 0 Å². The first-order valence-electron chi connectivity index (χ1n) is 7.42. The smallest absolute Gasteiger partial charge is 0.0946 e. The second-order valence-electron chi connectivity index (χ2n) is 6.33. The molecule has 1 saturated carbocycles. The van der Waals surface area contributed by atoms with Crippen molar-refractivity contribution in [2.24, 2.45) is 5.41 Å². The zero-order chi connectivity index (χ0) is 14.0. The van der Waals surface area contributed by atoms with Crippen LogP contribution in [0.3, 0.4) is 0 Å². The van der Waals surface area contributed by atoms with E-state index in [-0.39, 0.29) is 0 Å². The van der Waals surface area contributed by atoms with Crippen LogP contribution >= 0.6 is 0 Å². The number of nitrogens with one attached hydrogen (secondary N) is 1. The molecule has 0 bridgehead atoms. The molecule has 1 N–H and O–H groups in total. The summed E-state index contributed by atoms with van der Waals surface area (Å²) < 4.78 is 2.12. The average Bonchev–Trinajstić information content (AvgIpc) is 2.96. The van der Waals surface area contributed by atoms with Crippen LogP contribution in [0, 0.1) is 5.41 Å². The van der Waals surface area contributed by atoms with Crippen LogP contribution in [0.25, 0.3) is 0 Å². The van der Waals surface area contributed by atoms with Crippen molar-refractivity contribution < 1.29 is 0 Å². The van der Waals surface area contributed by atoms with Crippen LogP contribution in [-0.2, 0) is 6.54 Å². The molecule has 1 aliphatic rings. The lowest BCUT2D eigenvalue weighted by molar-refractivity contribution is 0.0687. The molecule has 0 radical (unpaired) electrons. The molecular weight excluding hydrogens is 246 g/mol. The van der Waals surface area contributed by atoms with Crippen LogP contribution in [-0.4, -0.2) is 22.1 Å². The Bertz CT molecular complexity index is 531. The van der Waals surface area contributed by atoms with Crippen molar-refractivity contribution in [2.75, 3.05) is 6.54 Å². The van der Waals surface area contributed by atoms with Gasteiger partial charge in [0.2, 0.25) is 0 Å². The Labute approximate surface area is 121 Å². The highest BCUT2D eigenvalue weighted by Gasteiger charge is 2.48. The van der Waals surface area contributed by atoms with Gasteiger partial charge in [0.05, 0.1) is 6.33 Å². The van der Waals surface area contributed by atoms with E-state index in [9.17, 15) is 0 Å². The van der Waals surface area contributed by atoms with E-state index in [1.807, 2.05) is 18.7 Å². The van der Waals surface area contributed by atoms with Gasteiger partial charge in [-0.15, -0.1) is 0 Å². The predicted octanol–water partition coefficient (Wildman–Crippen LogP) is 3.06. The number of benzene rings is 1. The summed E-state index contributed by atoms with van der Waals surface area (Å²) in [5, 5.41) is 3.70. The number of imidazole rings is 1. The van der Waals surface area contributed by atoms with E-state index in [4.69, 9.17) is 0 Å². The molecule has 20 heavy (non-hydrogen) atoms. The summed E-state index contributed by atoms with van der Waals surface area (Å²) in [7, 11) is 0. The third-order valence-corrected chi connectivity index (χ3v) is 4.79. The van der Waals surface area contributed by atoms with Gasteiger partial charge >= 0.3 is 0 Å². The molecule has 0 spiro atoms. The molecule has 0 saturated heterocycles. The number of hydrogen-bond donors (Lipinski definition) is 1. The van der Waals surface area contributed by atoms with E-state index in [1.54, 1.807) is 0 Å². The van der Waals surface area contributed by atoms with Crippen LogP contribution < -0.4 is 5.32 Å². The van der Waals surface area contributed by atoms with Gasteiger partial charge in [0.15, 0.2) is 0 Å². The van der Waals surface area contributed by atoms with Crippen molar-refractivity contribution in [3.63, 3.8) is 0 Å². The lowest BCUT2D eigenvalue weighted by atomic mass is 9.56. The zero-order valence-electron chi connectivity index (χ0n) is 12.3. The molecule has 3 rings (SSSR count). The summed E-state index contributed by atoms with van der Waals surface area (Å²) in [6.45, 7) is 6.75.